The Kier molecular flexibility index (Phi) is 4.45. The fourth-order valence-corrected chi connectivity index (χ4v) is 2.19. The quantitative estimate of drug-likeness (QED) is 0.817. The molecule has 0 spiro atoms. The molecule has 1 saturated heterocycles. The number of urea groups is 1. The molecule has 4 amide bonds. The van der Waals surface area contributed by atoms with E-state index in [0.29, 0.717) is 19.3 Å². The molecule has 6 nitrogen and oxygen atoms in total. The molecule has 1 aliphatic rings. The van der Waals surface area contributed by atoms with Crippen molar-refractivity contribution >= 4 is 17.8 Å². The molecule has 0 aliphatic carbocycles. The van der Waals surface area contributed by atoms with Gasteiger partial charge in [0, 0.05) is 24.9 Å². The number of hydrogen-bond donors (Lipinski definition) is 1. The lowest BCUT2D eigenvalue weighted by atomic mass is 9.99. The van der Waals surface area contributed by atoms with Crippen molar-refractivity contribution in [3.63, 3.8) is 0 Å². The van der Waals surface area contributed by atoms with Gasteiger partial charge in [0.05, 0.1) is 0 Å². The van der Waals surface area contributed by atoms with Gasteiger partial charge in [-0.25, -0.2) is 4.79 Å². The Morgan fingerprint density at radius 1 is 1.30 bits per heavy atom. The lowest BCUT2D eigenvalue weighted by Gasteiger charge is -2.29. The van der Waals surface area contributed by atoms with E-state index < -0.39 is 23.8 Å². The van der Waals surface area contributed by atoms with Crippen LogP contribution in [-0.2, 0) is 16.0 Å². The molecule has 1 atom stereocenters. The molecule has 0 aromatic carbocycles. The number of aromatic nitrogens is 1. The van der Waals surface area contributed by atoms with E-state index in [0.717, 1.165) is 10.6 Å². The number of nitrogens with zero attached hydrogens (tertiary/aromatic N) is 2. The third-order valence-corrected chi connectivity index (χ3v) is 3.25. The first-order chi connectivity index (χ1) is 9.63. The highest BCUT2D eigenvalue weighted by Crippen LogP contribution is 2.16. The van der Waals surface area contributed by atoms with Crippen LogP contribution in [0.4, 0.5) is 4.79 Å². The molecule has 1 N–H and O–H groups in total. The molecule has 6 heteroatoms. The van der Waals surface area contributed by atoms with Gasteiger partial charge in [-0.3, -0.25) is 24.8 Å². The van der Waals surface area contributed by atoms with E-state index in [-0.39, 0.29) is 6.54 Å². The Balaban J connectivity index is 2.04. The van der Waals surface area contributed by atoms with Crippen LogP contribution in [0.5, 0.6) is 0 Å². The van der Waals surface area contributed by atoms with E-state index in [1.54, 1.807) is 12.3 Å². The standard InChI is InChI=1S/C14H17N3O3/c1-2-5-11-12(18)16-14(20)17(13(11)19)9-7-10-6-3-4-8-15-10/h3-4,6,8,11H,2,5,7,9H2,1H3,(H,16,18,20). The number of amides is 4. The molecule has 1 aromatic heterocycles. The minimum Gasteiger partial charge on any atom is -0.277 e. The van der Waals surface area contributed by atoms with Crippen LogP contribution in [0.25, 0.3) is 0 Å². The van der Waals surface area contributed by atoms with Crippen LogP contribution in [0.15, 0.2) is 24.4 Å². The van der Waals surface area contributed by atoms with Gasteiger partial charge < -0.3 is 0 Å². The van der Waals surface area contributed by atoms with Crippen molar-refractivity contribution in [2.24, 2.45) is 5.92 Å². The van der Waals surface area contributed by atoms with Crippen LogP contribution in [0.2, 0.25) is 0 Å². The average molecular weight is 275 g/mol. The Morgan fingerprint density at radius 3 is 2.75 bits per heavy atom. The van der Waals surface area contributed by atoms with Crippen LogP contribution in [0.1, 0.15) is 25.5 Å². The van der Waals surface area contributed by atoms with Gasteiger partial charge in [-0.05, 0) is 18.6 Å². The van der Waals surface area contributed by atoms with E-state index in [1.165, 1.54) is 0 Å². The van der Waals surface area contributed by atoms with Gasteiger partial charge in [0.25, 0.3) is 0 Å². The number of hydrogen-bond acceptors (Lipinski definition) is 4. The van der Waals surface area contributed by atoms with Crippen molar-refractivity contribution in [3.05, 3.63) is 30.1 Å². The van der Waals surface area contributed by atoms with Crippen LogP contribution >= 0.6 is 0 Å². The topological polar surface area (TPSA) is 79.4 Å². The van der Waals surface area contributed by atoms with Crippen LogP contribution in [-0.4, -0.2) is 34.3 Å². The molecule has 106 valence electrons. The Labute approximate surface area is 117 Å². The van der Waals surface area contributed by atoms with Crippen LogP contribution < -0.4 is 5.32 Å². The second-order valence-electron chi connectivity index (χ2n) is 4.70. The number of imide groups is 2. The molecule has 20 heavy (non-hydrogen) atoms. The second-order valence-corrected chi connectivity index (χ2v) is 4.70. The van der Waals surface area contributed by atoms with Gasteiger partial charge in [-0.15, -0.1) is 0 Å². The maximum atomic E-state index is 12.2. The summed E-state index contributed by atoms with van der Waals surface area (Å²) in [5, 5.41) is 2.24. The molecule has 1 fully saturated rings. The fraction of sp³-hybridized carbons (Fsp3) is 0.429. The smallest absolute Gasteiger partial charge is 0.277 e. The van der Waals surface area contributed by atoms with Gasteiger partial charge >= 0.3 is 6.03 Å². The van der Waals surface area contributed by atoms with Crippen molar-refractivity contribution < 1.29 is 14.4 Å². The minimum atomic E-state index is -0.749. The summed E-state index contributed by atoms with van der Waals surface area (Å²) in [6, 6.07) is 4.85. The summed E-state index contributed by atoms with van der Waals surface area (Å²) in [5.74, 6) is -1.64. The van der Waals surface area contributed by atoms with Crippen molar-refractivity contribution in [1.82, 2.24) is 15.2 Å². The molecular formula is C14H17N3O3. The van der Waals surface area contributed by atoms with Crippen molar-refractivity contribution in [2.75, 3.05) is 6.54 Å². The van der Waals surface area contributed by atoms with Crippen molar-refractivity contribution in [1.29, 1.82) is 0 Å². The summed E-state index contributed by atoms with van der Waals surface area (Å²) in [7, 11) is 0. The maximum absolute atomic E-state index is 12.2. The number of barbiturate groups is 1. The Morgan fingerprint density at radius 2 is 2.10 bits per heavy atom. The fourth-order valence-electron chi connectivity index (χ4n) is 2.19. The molecule has 1 aliphatic heterocycles. The zero-order chi connectivity index (χ0) is 14.5. The number of carbonyl (C=O) groups excluding carboxylic acids is 3. The summed E-state index contributed by atoms with van der Waals surface area (Å²) in [6.07, 6.45) is 3.31. The predicted octanol–water partition coefficient (Wildman–Crippen LogP) is 1.12. The first kappa shape index (κ1) is 14.2. The predicted molar refractivity (Wildman–Crippen MR) is 71.6 cm³/mol. The van der Waals surface area contributed by atoms with Gasteiger partial charge in [0.15, 0.2) is 0 Å². The largest absolute Gasteiger partial charge is 0.330 e. The van der Waals surface area contributed by atoms with Crippen LogP contribution in [0, 0.1) is 5.92 Å². The Bertz CT molecular complexity index is 516. The number of pyridine rings is 1. The summed E-state index contributed by atoms with van der Waals surface area (Å²) >= 11 is 0. The van der Waals surface area contributed by atoms with Gasteiger partial charge in [0.2, 0.25) is 11.8 Å². The van der Waals surface area contributed by atoms with Gasteiger partial charge in [0.1, 0.15) is 5.92 Å². The summed E-state index contributed by atoms with van der Waals surface area (Å²) < 4.78 is 0. The van der Waals surface area contributed by atoms with Crippen molar-refractivity contribution in [3.8, 4) is 0 Å². The first-order valence-electron chi connectivity index (χ1n) is 6.69. The average Bonchev–Trinajstić information content (AvgIpc) is 2.44. The third kappa shape index (κ3) is 3.01. The highest BCUT2D eigenvalue weighted by Gasteiger charge is 2.39. The number of nitrogens with one attached hydrogen (secondary N) is 1. The van der Waals surface area contributed by atoms with E-state index >= 15 is 0 Å². The van der Waals surface area contributed by atoms with E-state index in [2.05, 4.69) is 10.3 Å². The second kappa shape index (κ2) is 6.27. The monoisotopic (exact) mass is 275 g/mol. The summed E-state index contributed by atoms with van der Waals surface area (Å²) in [5.41, 5.74) is 0.803. The maximum Gasteiger partial charge on any atom is 0.330 e. The molecular weight excluding hydrogens is 258 g/mol. The number of rotatable bonds is 5. The normalized spacial score (nSPS) is 19.1. The molecule has 1 aromatic rings. The summed E-state index contributed by atoms with van der Waals surface area (Å²) in [6.45, 7) is 2.13. The highest BCUT2D eigenvalue weighted by atomic mass is 16.2. The molecule has 0 radical (unpaired) electrons. The molecule has 2 heterocycles. The van der Waals surface area contributed by atoms with Crippen molar-refractivity contribution in [2.45, 2.75) is 26.2 Å². The van der Waals surface area contributed by atoms with Gasteiger partial charge in [-0.2, -0.15) is 0 Å². The van der Waals surface area contributed by atoms with E-state index in [9.17, 15) is 14.4 Å². The SMILES string of the molecule is CCCC1C(=O)NC(=O)N(CCc2ccccn2)C1=O. The zero-order valence-electron chi connectivity index (χ0n) is 11.3. The highest BCUT2D eigenvalue weighted by molar-refractivity contribution is 6.16. The molecule has 1 unspecified atom stereocenters. The molecule has 0 bridgehead atoms. The lowest BCUT2D eigenvalue weighted by Crippen LogP contribution is -2.58. The van der Waals surface area contributed by atoms with E-state index in [4.69, 9.17) is 0 Å². The molecule has 0 saturated carbocycles. The van der Waals surface area contributed by atoms with E-state index in [1.807, 2.05) is 19.1 Å². The zero-order valence-corrected chi connectivity index (χ0v) is 11.3. The lowest BCUT2D eigenvalue weighted by molar-refractivity contribution is -0.142. The van der Waals surface area contributed by atoms with Gasteiger partial charge in [-0.1, -0.05) is 19.4 Å². The molecule has 2 rings (SSSR count). The number of carbonyl (C=O) groups is 3. The Hall–Kier alpha value is -2.24. The summed E-state index contributed by atoms with van der Waals surface area (Å²) in [4.78, 5) is 40.8. The minimum absolute atomic E-state index is 0.231. The first-order valence-corrected chi connectivity index (χ1v) is 6.69. The third-order valence-electron chi connectivity index (χ3n) is 3.25. The van der Waals surface area contributed by atoms with Crippen LogP contribution in [0.3, 0.4) is 0 Å².